The third-order valence-corrected chi connectivity index (χ3v) is 2.48. The molecule has 3 nitrogen and oxygen atoms in total. The number of benzene rings is 1. The Morgan fingerprint density at radius 1 is 1.11 bits per heavy atom. The Balaban J connectivity index is 1.99. The van der Waals surface area contributed by atoms with Gasteiger partial charge in [0, 0.05) is 18.9 Å². The number of anilines is 1. The van der Waals surface area contributed by atoms with Crippen LogP contribution in [0.1, 0.15) is 5.56 Å². The minimum absolute atomic E-state index is 0.428. The maximum Gasteiger partial charge on any atom is 0.272 e. The van der Waals surface area contributed by atoms with Crippen LogP contribution in [0.25, 0.3) is 0 Å². The molecule has 0 unspecified atom stereocenters. The Morgan fingerprint density at radius 2 is 1.84 bits per heavy atom. The monoisotopic (exact) mass is 264 g/mol. The largest absolute Gasteiger partial charge is 0.485 e. The molecule has 5 heteroatoms. The molecule has 19 heavy (non-hydrogen) atoms. The van der Waals surface area contributed by atoms with Crippen LogP contribution in [0.15, 0.2) is 48.8 Å². The standard InChI is InChI=1S/C14H14F2N2O/c15-14(16)10-19-13-4-2-1-3-12(13)18-9-11-5-7-17-8-6-11/h1-8,14,18H,9-10H2. The van der Waals surface area contributed by atoms with Gasteiger partial charge in [0.1, 0.15) is 12.4 Å². The van der Waals surface area contributed by atoms with E-state index in [4.69, 9.17) is 4.74 Å². The molecule has 1 heterocycles. The minimum Gasteiger partial charge on any atom is -0.485 e. The molecule has 2 rings (SSSR count). The SMILES string of the molecule is FC(F)COc1ccccc1NCc1ccncc1. The molecular formula is C14H14F2N2O. The number of halogens is 2. The van der Waals surface area contributed by atoms with E-state index in [9.17, 15) is 8.78 Å². The summed E-state index contributed by atoms with van der Waals surface area (Å²) < 4.78 is 29.4. The first-order chi connectivity index (χ1) is 9.25. The fourth-order valence-corrected chi connectivity index (χ4v) is 1.59. The van der Waals surface area contributed by atoms with E-state index < -0.39 is 13.0 Å². The van der Waals surface area contributed by atoms with Crippen LogP contribution in [0.5, 0.6) is 5.75 Å². The predicted octanol–water partition coefficient (Wildman–Crippen LogP) is 3.34. The lowest BCUT2D eigenvalue weighted by molar-refractivity contribution is 0.0822. The van der Waals surface area contributed by atoms with Gasteiger partial charge in [-0.3, -0.25) is 4.98 Å². The van der Waals surface area contributed by atoms with Crippen LogP contribution in [-0.4, -0.2) is 18.0 Å². The summed E-state index contributed by atoms with van der Waals surface area (Å²) in [5.41, 5.74) is 1.75. The van der Waals surface area contributed by atoms with Crippen molar-refractivity contribution >= 4 is 5.69 Å². The third-order valence-electron chi connectivity index (χ3n) is 2.48. The van der Waals surface area contributed by atoms with Gasteiger partial charge in [-0.2, -0.15) is 0 Å². The van der Waals surface area contributed by atoms with Gasteiger partial charge in [0.15, 0.2) is 0 Å². The average Bonchev–Trinajstić information content (AvgIpc) is 2.45. The smallest absolute Gasteiger partial charge is 0.272 e. The molecule has 0 aliphatic heterocycles. The molecule has 0 amide bonds. The van der Waals surface area contributed by atoms with Crippen molar-refractivity contribution in [2.45, 2.75) is 13.0 Å². The van der Waals surface area contributed by atoms with E-state index in [1.54, 1.807) is 30.6 Å². The van der Waals surface area contributed by atoms with Gasteiger partial charge in [-0.1, -0.05) is 12.1 Å². The van der Waals surface area contributed by atoms with E-state index in [2.05, 4.69) is 10.3 Å². The number of pyridine rings is 1. The highest BCUT2D eigenvalue weighted by Crippen LogP contribution is 2.24. The van der Waals surface area contributed by atoms with Crippen LogP contribution in [0.4, 0.5) is 14.5 Å². The lowest BCUT2D eigenvalue weighted by atomic mass is 10.2. The lowest BCUT2D eigenvalue weighted by Gasteiger charge is -2.12. The molecule has 2 aromatic rings. The summed E-state index contributed by atoms with van der Waals surface area (Å²) in [7, 11) is 0. The second kappa shape index (κ2) is 6.68. The van der Waals surface area contributed by atoms with Gasteiger partial charge in [0.25, 0.3) is 6.43 Å². The Morgan fingerprint density at radius 3 is 2.58 bits per heavy atom. The first-order valence-corrected chi connectivity index (χ1v) is 5.88. The van der Waals surface area contributed by atoms with E-state index in [1.165, 1.54) is 0 Å². The molecule has 0 saturated carbocycles. The number of ether oxygens (including phenoxy) is 1. The summed E-state index contributed by atoms with van der Waals surface area (Å²) in [5, 5.41) is 3.16. The van der Waals surface area contributed by atoms with Gasteiger partial charge in [-0.15, -0.1) is 0 Å². The van der Waals surface area contributed by atoms with Gasteiger partial charge in [-0.05, 0) is 29.8 Å². The number of nitrogens with one attached hydrogen (secondary N) is 1. The molecule has 0 aliphatic rings. The lowest BCUT2D eigenvalue weighted by Crippen LogP contribution is -2.09. The number of hydrogen-bond donors (Lipinski definition) is 1. The van der Waals surface area contributed by atoms with Gasteiger partial charge in [-0.25, -0.2) is 8.78 Å². The zero-order chi connectivity index (χ0) is 13.5. The highest BCUT2D eigenvalue weighted by Gasteiger charge is 2.07. The predicted molar refractivity (Wildman–Crippen MR) is 69.5 cm³/mol. The number of para-hydroxylation sites is 2. The van der Waals surface area contributed by atoms with Crippen LogP contribution in [0.3, 0.4) is 0 Å². The van der Waals surface area contributed by atoms with Crippen LogP contribution in [0.2, 0.25) is 0 Å². The van der Waals surface area contributed by atoms with E-state index in [-0.39, 0.29) is 0 Å². The molecule has 0 atom stereocenters. The van der Waals surface area contributed by atoms with Gasteiger partial charge >= 0.3 is 0 Å². The first kappa shape index (κ1) is 13.3. The molecule has 0 fully saturated rings. The molecule has 1 N–H and O–H groups in total. The van der Waals surface area contributed by atoms with Gasteiger partial charge in [0.2, 0.25) is 0 Å². The van der Waals surface area contributed by atoms with E-state index in [0.717, 1.165) is 5.56 Å². The quantitative estimate of drug-likeness (QED) is 0.869. The number of aromatic nitrogens is 1. The molecule has 0 bridgehead atoms. The van der Waals surface area contributed by atoms with Crippen LogP contribution in [-0.2, 0) is 6.54 Å². The minimum atomic E-state index is -2.48. The third kappa shape index (κ3) is 4.21. The fourth-order valence-electron chi connectivity index (χ4n) is 1.59. The fraction of sp³-hybridized carbons (Fsp3) is 0.214. The van der Waals surface area contributed by atoms with Crippen LogP contribution >= 0.6 is 0 Å². The topological polar surface area (TPSA) is 34.1 Å². The maximum absolute atomic E-state index is 12.2. The normalized spacial score (nSPS) is 10.5. The summed E-state index contributed by atoms with van der Waals surface area (Å²) >= 11 is 0. The first-order valence-electron chi connectivity index (χ1n) is 5.88. The molecule has 100 valence electrons. The van der Waals surface area contributed by atoms with Crippen molar-refractivity contribution in [2.24, 2.45) is 0 Å². The van der Waals surface area contributed by atoms with Crippen LogP contribution < -0.4 is 10.1 Å². The Hall–Kier alpha value is -2.17. The number of alkyl halides is 2. The molecule has 0 aliphatic carbocycles. The Bertz CT molecular complexity index is 506. The van der Waals surface area contributed by atoms with Crippen molar-refractivity contribution in [3.63, 3.8) is 0 Å². The molecule has 0 spiro atoms. The maximum atomic E-state index is 12.2. The molecule has 0 saturated heterocycles. The summed E-state index contributed by atoms with van der Waals surface area (Å²) in [4.78, 5) is 3.93. The second-order valence-corrected chi connectivity index (χ2v) is 3.91. The average molecular weight is 264 g/mol. The van der Waals surface area contributed by atoms with Crippen molar-refractivity contribution in [3.05, 3.63) is 54.4 Å². The molecule has 1 aromatic carbocycles. The van der Waals surface area contributed by atoms with E-state index >= 15 is 0 Å². The molecular weight excluding hydrogens is 250 g/mol. The second-order valence-electron chi connectivity index (χ2n) is 3.91. The zero-order valence-electron chi connectivity index (χ0n) is 10.2. The Labute approximate surface area is 110 Å². The van der Waals surface area contributed by atoms with Crippen molar-refractivity contribution < 1.29 is 13.5 Å². The summed E-state index contributed by atoms with van der Waals surface area (Å²) in [6.45, 7) is -0.0223. The number of nitrogens with zero attached hydrogens (tertiary/aromatic N) is 1. The summed E-state index contributed by atoms with van der Waals surface area (Å²) in [6, 6.07) is 10.8. The van der Waals surface area contributed by atoms with Gasteiger partial charge in [0.05, 0.1) is 5.69 Å². The van der Waals surface area contributed by atoms with Crippen molar-refractivity contribution in [1.82, 2.24) is 4.98 Å². The van der Waals surface area contributed by atoms with E-state index in [0.29, 0.717) is 18.0 Å². The molecule has 0 radical (unpaired) electrons. The molecule has 1 aromatic heterocycles. The van der Waals surface area contributed by atoms with Crippen molar-refractivity contribution in [2.75, 3.05) is 11.9 Å². The summed E-state index contributed by atoms with van der Waals surface area (Å²) in [5.74, 6) is 0.428. The van der Waals surface area contributed by atoms with Crippen LogP contribution in [0, 0.1) is 0 Å². The zero-order valence-corrected chi connectivity index (χ0v) is 10.2. The number of rotatable bonds is 6. The summed E-state index contributed by atoms with van der Waals surface area (Å²) in [6.07, 6.45) is 0.931. The Kier molecular flexibility index (Phi) is 4.66. The van der Waals surface area contributed by atoms with Crippen molar-refractivity contribution in [3.8, 4) is 5.75 Å². The van der Waals surface area contributed by atoms with Gasteiger partial charge < -0.3 is 10.1 Å². The number of hydrogen-bond acceptors (Lipinski definition) is 3. The highest BCUT2D eigenvalue weighted by molar-refractivity contribution is 5.56. The highest BCUT2D eigenvalue weighted by atomic mass is 19.3. The van der Waals surface area contributed by atoms with Crippen molar-refractivity contribution in [1.29, 1.82) is 0 Å². The van der Waals surface area contributed by atoms with E-state index in [1.807, 2.05) is 18.2 Å².